The first-order valence-corrected chi connectivity index (χ1v) is 6.63. The van der Waals surface area contributed by atoms with Crippen molar-refractivity contribution in [1.82, 2.24) is 19.5 Å². The third-order valence-corrected chi connectivity index (χ3v) is 3.10. The first kappa shape index (κ1) is 13.2. The summed E-state index contributed by atoms with van der Waals surface area (Å²) in [7, 11) is 0. The smallest absolute Gasteiger partial charge is 0.165 e. The number of aryl methyl sites for hydroxylation is 1. The number of aromatic nitrogens is 4. The van der Waals surface area contributed by atoms with Crippen LogP contribution in [-0.4, -0.2) is 26.1 Å². The summed E-state index contributed by atoms with van der Waals surface area (Å²) in [5.74, 6) is 1.17. The fraction of sp³-hybridized carbons (Fsp3) is 0.214. The monoisotopic (exact) mass is 284 g/mol. The van der Waals surface area contributed by atoms with Gasteiger partial charge in [0.25, 0.3) is 0 Å². The van der Waals surface area contributed by atoms with Gasteiger partial charge >= 0.3 is 0 Å². The lowest BCUT2D eigenvalue weighted by molar-refractivity contribution is 0.302. The van der Waals surface area contributed by atoms with Crippen LogP contribution in [0.25, 0.3) is 11.2 Å². The Hall–Kier alpha value is -2.83. The van der Waals surface area contributed by atoms with Gasteiger partial charge in [0.05, 0.1) is 12.9 Å². The molecule has 0 aliphatic carbocycles. The van der Waals surface area contributed by atoms with Gasteiger partial charge in [-0.1, -0.05) is 6.07 Å². The van der Waals surface area contributed by atoms with E-state index in [0.29, 0.717) is 23.6 Å². The molecule has 0 radical (unpaired) electrons. The Morgan fingerprint density at radius 3 is 2.90 bits per heavy atom. The van der Waals surface area contributed by atoms with Gasteiger partial charge in [0, 0.05) is 18.3 Å². The Bertz CT molecular complexity index is 754. The molecule has 3 rings (SSSR count). The summed E-state index contributed by atoms with van der Waals surface area (Å²) in [6.45, 7) is 1.33. The lowest BCUT2D eigenvalue weighted by Gasteiger charge is -2.07. The van der Waals surface area contributed by atoms with E-state index in [0.717, 1.165) is 24.4 Å². The van der Waals surface area contributed by atoms with Crippen LogP contribution in [0.2, 0.25) is 0 Å². The number of hydrogen-bond donors (Lipinski definition) is 2. The SMILES string of the molecule is Nc1cccc(OCCCn2cnc3c(N)ncnc32)c1. The standard InChI is InChI=1S/C14H16N6O/c15-10-3-1-4-11(7-10)21-6-2-5-20-9-19-12-13(16)17-8-18-14(12)20/h1,3-4,7-9H,2,5-6,15H2,(H2,16,17,18). The molecule has 1 aromatic carbocycles. The van der Waals surface area contributed by atoms with Gasteiger partial charge in [-0.05, 0) is 18.6 Å². The van der Waals surface area contributed by atoms with E-state index in [-0.39, 0.29) is 0 Å². The van der Waals surface area contributed by atoms with E-state index in [9.17, 15) is 0 Å². The van der Waals surface area contributed by atoms with Gasteiger partial charge < -0.3 is 20.8 Å². The van der Waals surface area contributed by atoms with Crippen molar-refractivity contribution >= 4 is 22.7 Å². The summed E-state index contributed by atoms with van der Waals surface area (Å²) in [5.41, 5.74) is 13.5. The molecular formula is C14H16N6O. The second-order valence-electron chi connectivity index (χ2n) is 4.64. The minimum absolute atomic E-state index is 0.398. The van der Waals surface area contributed by atoms with Gasteiger partial charge in [0.15, 0.2) is 11.5 Å². The molecule has 0 saturated heterocycles. The first-order valence-electron chi connectivity index (χ1n) is 6.63. The van der Waals surface area contributed by atoms with Crippen LogP contribution < -0.4 is 16.2 Å². The molecule has 108 valence electrons. The van der Waals surface area contributed by atoms with Gasteiger partial charge in [-0.15, -0.1) is 0 Å². The van der Waals surface area contributed by atoms with E-state index in [1.807, 2.05) is 22.8 Å². The van der Waals surface area contributed by atoms with Crippen LogP contribution in [0.5, 0.6) is 5.75 Å². The third-order valence-electron chi connectivity index (χ3n) is 3.10. The summed E-state index contributed by atoms with van der Waals surface area (Å²) >= 11 is 0. The molecule has 3 aromatic rings. The van der Waals surface area contributed by atoms with Crippen LogP contribution in [-0.2, 0) is 6.54 Å². The molecule has 0 aliphatic heterocycles. The lowest BCUT2D eigenvalue weighted by atomic mass is 10.3. The van der Waals surface area contributed by atoms with Gasteiger partial charge in [0.2, 0.25) is 0 Å². The molecule has 0 saturated carbocycles. The predicted octanol–water partition coefficient (Wildman–Crippen LogP) is 1.46. The molecule has 0 aliphatic rings. The van der Waals surface area contributed by atoms with Crippen LogP contribution in [0.1, 0.15) is 6.42 Å². The maximum absolute atomic E-state index is 5.75. The average Bonchev–Trinajstić information content (AvgIpc) is 2.88. The van der Waals surface area contributed by atoms with Crippen LogP contribution in [0, 0.1) is 0 Å². The zero-order chi connectivity index (χ0) is 14.7. The highest BCUT2D eigenvalue weighted by molar-refractivity contribution is 5.80. The minimum atomic E-state index is 0.398. The topological polar surface area (TPSA) is 105 Å². The van der Waals surface area contributed by atoms with Crippen molar-refractivity contribution in [3.63, 3.8) is 0 Å². The van der Waals surface area contributed by atoms with E-state index in [4.69, 9.17) is 16.2 Å². The number of imidazole rings is 1. The van der Waals surface area contributed by atoms with Gasteiger partial charge in [-0.25, -0.2) is 15.0 Å². The zero-order valence-corrected chi connectivity index (χ0v) is 11.4. The molecule has 2 aromatic heterocycles. The number of nitrogen functional groups attached to an aromatic ring is 2. The lowest BCUT2D eigenvalue weighted by Crippen LogP contribution is -2.05. The second kappa shape index (κ2) is 5.66. The molecule has 0 fully saturated rings. The van der Waals surface area contributed by atoms with E-state index in [1.54, 1.807) is 12.4 Å². The van der Waals surface area contributed by atoms with Crippen LogP contribution >= 0.6 is 0 Å². The molecule has 7 nitrogen and oxygen atoms in total. The number of anilines is 2. The Morgan fingerprint density at radius 2 is 2.05 bits per heavy atom. The Labute approximate surface area is 121 Å². The fourth-order valence-corrected chi connectivity index (χ4v) is 2.09. The summed E-state index contributed by atoms with van der Waals surface area (Å²) in [6.07, 6.45) is 3.99. The Morgan fingerprint density at radius 1 is 1.14 bits per heavy atom. The molecule has 7 heteroatoms. The van der Waals surface area contributed by atoms with E-state index < -0.39 is 0 Å². The molecule has 4 N–H and O–H groups in total. The largest absolute Gasteiger partial charge is 0.493 e. The highest BCUT2D eigenvalue weighted by Crippen LogP contribution is 2.16. The van der Waals surface area contributed by atoms with Crippen molar-refractivity contribution in [2.45, 2.75) is 13.0 Å². The van der Waals surface area contributed by atoms with Crippen molar-refractivity contribution in [2.24, 2.45) is 0 Å². The number of benzene rings is 1. The molecule has 0 atom stereocenters. The Balaban J connectivity index is 1.59. The number of nitrogens with zero attached hydrogens (tertiary/aromatic N) is 4. The van der Waals surface area contributed by atoms with Crippen molar-refractivity contribution in [1.29, 1.82) is 0 Å². The summed E-state index contributed by atoms with van der Waals surface area (Å²) in [6, 6.07) is 7.39. The van der Waals surface area contributed by atoms with Crippen molar-refractivity contribution in [3.05, 3.63) is 36.9 Å². The number of ether oxygens (including phenoxy) is 1. The third kappa shape index (κ3) is 2.86. The number of nitrogens with two attached hydrogens (primary N) is 2. The van der Waals surface area contributed by atoms with E-state index in [1.165, 1.54) is 6.33 Å². The quantitative estimate of drug-likeness (QED) is 0.543. The minimum Gasteiger partial charge on any atom is -0.493 e. The number of hydrogen-bond acceptors (Lipinski definition) is 6. The summed E-state index contributed by atoms with van der Waals surface area (Å²) in [4.78, 5) is 12.3. The molecular weight excluding hydrogens is 268 g/mol. The molecule has 2 heterocycles. The van der Waals surface area contributed by atoms with Gasteiger partial charge in [0.1, 0.15) is 17.6 Å². The highest BCUT2D eigenvalue weighted by Gasteiger charge is 2.07. The van der Waals surface area contributed by atoms with Gasteiger partial charge in [-0.3, -0.25) is 0 Å². The molecule has 0 amide bonds. The van der Waals surface area contributed by atoms with E-state index >= 15 is 0 Å². The van der Waals surface area contributed by atoms with Crippen LogP contribution in [0.3, 0.4) is 0 Å². The molecule has 21 heavy (non-hydrogen) atoms. The maximum atomic E-state index is 5.75. The molecule has 0 spiro atoms. The van der Waals surface area contributed by atoms with Crippen molar-refractivity contribution < 1.29 is 4.74 Å². The number of rotatable bonds is 5. The second-order valence-corrected chi connectivity index (χ2v) is 4.64. The molecule has 0 unspecified atom stereocenters. The van der Waals surface area contributed by atoms with Gasteiger partial charge in [-0.2, -0.15) is 0 Å². The van der Waals surface area contributed by atoms with Crippen LogP contribution in [0.15, 0.2) is 36.9 Å². The first-order chi connectivity index (χ1) is 10.2. The van der Waals surface area contributed by atoms with E-state index in [2.05, 4.69) is 15.0 Å². The number of fused-ring (bicyclic) bond motifs is 1. The Kier molecular flexibility index (Phi) is 3.55. The van der Waals surface area contributed by atoms with Crippen LogP contribution in [0.4, 0.5) is 11.5 Å². The average molecular weight is 284 g/mol. The maximum Gasteiger partial charge on any atom is 0.165 e. The normalized spacial score (nSPS) is 10.9. The summed E-state index contributed by atoms with van der Waals surface area (Å²) in [5, 5.41) is 0. The fourth-order valence-electron chi connectivity index (χ4n) is 2.09. The molecule has 0 bridgehead atoms. The summed E-state index contributed by atoms with van der Waals surface area (Å²) < 4.78 is 7.59. The predicted molar refractivity (Wildman–Crippen MR) is 80.7 cm³/mol. The van der Waals surface area contributed by atoms with Crippen molar-refractivity contribution in [3.8, 4) is 5.75 Å². The zero-order valence-electron chi connectivity index (χ0n) is 11.4. The highest BCUT2D eigenvalue weighted by atomic mass is 16.5. The van der Waals surface area contributed by atoms with Crippen molar-refractivity contribution in [2.75, 3.05) is 18.1 Å².